The fourth-order valence-corrected chi connectivity index (χ4v) is 3.69. The molecule has 156 valence electrons. The predicted molar refractivity (Wildman–Crippen MR) is 126 cm³/mol. The van der Waals surface area contributed by atoms with Crippen molar-refractivity contribution in [2.75, 3.05) is 13.1 Å². The smallest absolute Gasteiger partial charge is 0.228 e. The molecule has 0 aliphatic rings. The quantitative estimate of drug-likeness (QED) is 0.530. The largest absolute Gasteiger partial charge is 0.338 e. The molecule has 1 aromatic heterocycles. The van der Waals surface area contributed by atoms with Gasteiger partial charge in [-0.05, 0) is 25.5 Å². The van der Waals surface area contributed by atoms with Gasteiger partial charge in [-0.1, -0.05) is 60.2 Å². The first-order valence-corrected chi connectivity index (χ1v) is 10.1. The molecule has 0 bridgehead atoms. The number of thiazole rings is 1. The second-order valence-corrected chi connectivity index (χ2v) is 7.49. The second kappa shape index (κ2) is 12.6. The van der Waals surface area contributed by atoms with Gasteiger partial charge in [0.05, 0.1) is 12.1 Å². The number of aromatic nitrogens is 1. The van der Waals surface area contributed by atoms with Crippen LogP contribution < -0.4 is 5.73 Å². The van der Waals surface area contributed by atoms with E-state index in [-0.39, 0.29) is 30.7 Å². The lowest BCUT2D eigenvalue weighted by atomic mass is 10.1. The maximum Gasteiger partial charge on any atom is 0.228 e. The van der Waals surface area contributed by atoms with Crippen molar-refractivity contribution in [3.63, 3.8) is 0 Å². The number of carbonyl (C=O) groups excluding carboxylic acids is 1. The van der Waals surface area contributed by atoms with Crippen molar-refractivity contribution >= 4 is 42.1 Å². The number of benzene rings is 2. The second-order valence-electron chi connectivity index (χ2n) is 6.63. The van der Waals surface area contributed by atoms with Gasteiger partial charge in [0.2, 0.25) is 5.91 Å². The van der Waals surface area contributed by atoms with Crippen molar-refractivity contribution in [1.82, 2.24) is 9.88 Å². The molecule has 0 saturated heterocycles. The minimum absolute atomic E-state index is 0. The van der Waals surface area contributed by atoms with E-state index >= 15 is 0 Å². The van der Waals surface area contributed by atoms with E-state index in [1.807, 2.05) is 40.6 Å². The summed E-state index contributed by atoms with van der Waals surface area (Å²) >= 11 is 1.58. The van der Waals surface area contributed by atoms with Gasteiger partial charge in [0.1, 0.15) is 5.01 Å². The van der Waals surface area contributed by atoms with Crippen LogP contribution in [0, 0.1) is 6.92 Å². The van der Waals surface area contributed by atoms with Crippen molar-refractivity contribution in [3.8, 4) is 10.6 Å². The van der Waals surface area contributed by atoms with Crippen LogP contribution in [-0.2, 0) is 17.8 Å². The molecule has 29 heavy (non-hydrogen) atoms. The van der Waals surface area contributed by atoms with Gasteiger partial charge in [-0.15, -0.1) is 36.2 Å². The Labute approximate surface area is 189 Å². The SMILES string of the molecule is Cc1ccc(-c2nc(CC(=O)N(CCCN)Cc3ccccc3)cs2)cc1.Cl.Cl. The van der Waals surface area contributed by atoms with Gasteiger partial charge >= 0.3 is 0 Å². The summed E-state index contributed by atoms with van der Waals surface area (Å²) in [7, 11) is 0. The number of rotatable bonds is 8. The molecule has 3 aromatic rings. The number of hydrogen-bond donors (Lipinski definition) is 1. The molecule has 3 rings (SSSR count). The summed E-state index contributed by atoms with van der Waals surface area (Å²) in [6.45, 7) is 3.92. The zero-order valence-corrected chi connectivity index (χ0v) is 18.9. The summed E-state index contributed by atoms with van der Waals surface area (Å²) in [6, 6.07) is 18.4. The van der Waals surface area contributed by atoms with Gasteiger partial charge in [0.15, 0.2) is 0 Å². The maximum absolute atomic E-state index is 12.9. The molecular weight excluding hydrogens is 425 g/mol. The van der Waals surface area contributed by atoms with Gasteiger partial charge in [-0.3, -0.25) is 4.79 Å². The number of hydrogen-bond acceptors (Lipinski definition) is 4. The van der Waals surface area contributed by atoms with Crippen LogP contribution in [0.4, 0.5) is 0 Å². The molecule has 1 heterocycles. The molecule has 0 aliphatic heterocycles. The van der Waals surface area contributed by atoms with Crippen LogP contribution in [0.3, 0.4) is 0 Å². The lowest BCUT2D eigenvalue weighted by Gasteiger charge is -2.22. The lowest BCUT2D eigenvalue weighted by Crippen LogP contribution is -2.33. The summed E-state index contributed by atoms with van der Waals surface area (Å²) in [5.41, 5.74) is 9.92. The van der Waals surface area contributed by atoms with Crippen LogP contribution in [0.1, 0.15) is 23.2 Å². The molecule has 4 nitrogen and oxygen atoms in total. The van der Waals surface area contributed by atoms with E-state index in [2.05, 4.69) is 36.2 Å². The van der Waals surface area contributed by atoms with E-state index in [9.17, 15) is 4.79 Å². The van der Waals surface area contributed by atoms with Crippen molar-refractivity contribution in [1.29, 1.82) is 0 Å². The van der Waals surface area contributed by atoms with Crippen LogP contribution in [0.5, 0.6) is 0 Å². The molecule has 2 aromatic carbocycles. The Kier molecular flexibility index (Phi) is 10.9. The Balaban J connectivity index is 0.00000210. The average molecular weight is 452 g/mol. The molecule has 0 fully saturated rings. The van der Waals surface area contributed by atoms with Gasteiger partial charge in [-0.2, -0.15) is 0 Å². The number of nitrogens with zero attached hydrogens (tertiary/aromatic N) is 2. The minimum atomic E-state index is 0. The number of halogens is 2. The third-order valence-electron chi connectivity index (χ3n) is 4.38. The molecule has 0 atom stereocenters. The molecule has 0 saturated carbocycles. The predicted octanol–water partition coefficient (Wildman–Crippen LogP) is 4.88. The summed E-state index contributed by atoms with van der Waals surface area (Å²) in [5.74, 6) is 0.0908. The molecule has 2 N–H and O–H groups in total. The first-order chi connectivity index (χ1) is 13.2. The highest BCUT2D eigenvalue weighted by Crippen LogP contribution is 2.24. The maximum atomic E-state index is 12.9. The van der Waals surface area contributed by atoms with Crippen molar-refractivity contribution < 1.29 is 4.79 Å². The molecule has 7 heteroatoms. The topological polar surface area (TPSA) is 59.2 Å². The van der Waals surface area contributed by atoms with Crippen LogP contribution in [0.25, 0.3) is 10.6 Å². The van der Waals surface area contributed by atoms with Crippen LogP contribution >= 0.6 is 36.2 Å². The molecule has 0 unspecified atom stereocenters. The Hall–Kier alpha value is -1.92. The van der Waals surface area contributed by atoms with Gasteiger partial charge < -0.3 is 10.6 Å². The third-order valence-corrected chi connectivity index (χ3v) is 5.32. The fraction of sp³-hybridized carbons (Fsp3) is 0.273. The summed E-state index contributed by atoms with van der Waals surface area (Å²) in [4.78, 5) is 19.4. The first-order valence-electron chi connectivity index (χ1n) is 9.19. The van der Waals surface area contributed by atoms with Crippen LogP contribution in [0.2, 0.25) is 0 Å². The molecule has 0 aliphatic carbocycles. The Bertz CT molecular complexity index is 869. The number of amides is 1. The van der Waals surface area contributed by atoms with Crippen molar-refractivity contribution in [3.05, 3.63) is 76.8 Å². The van der Waals surface area contributed by atoms with Crippen molar-refractivity contribution in [2.45, 2.75) is 26.3 Å². The molecule has 0 spiro atoms. The van der Waals surface area contributed by atoms with E-state index in [1.54, 1.807) is 11.3 Å². The van der Waals surface area contributed by atoms with Crippen LogP contribution in [-0.4, -0.2) is 28.9 Å². The van der Waals surface area contributed by atoms with Gasteiger partial charge in [-0.25, -0.2) is 4.98 Å². The molecule has 0 radical (unpaired) electrons. The molecular formula is C22H27Cl2N3OS. The normalized spacial score (nSPS) is 10.0. The van der Waals surface area contributed by atoms with Crippen LogP contribution in [0.15, 0.2) is 60.0 Å². The zero-order chi connectivity index (χ0) is 19.1. The monoisotopic (exact) mass is 451 g/mol. The van der Waals surface area contributed by atoms with E-state index in [0.29, 0.717) is 26.1 Å². The average Bonchev–Trinajstić information content (AvgIpc) is 3.15. The highest BCUT2D eigenvalue weighted by Gasteiger charge is 2.16. The Morgan fingerprint density at radius 1 is 1.07 bits per heavy atom. The van der Waals surface area contributed by atoms with Gasteiger partial charge in [0.25, 0.3) is 0 Å². The van der Waals surface area contributed by atoms with E-state index in [0.717, 1.165) is 28.2 Å². The van der Waals surface area contributed by atoms with E-state index in [4.69, 9.17) is 5.73 Å². The Morgan fingerprint density at radius 3 is 2.41 bits per heavy atom. The fourth-order valence-electron chi connectivity index (χ4n) is 2.86. The summed E-state index contributed by atoms with van der Waals surface area (Å²) in [5, 5.41) is 2.94. The zero-order valence-electron chi connectivity index (χ0n) is 16.4. The highest BCUT2D eigenvalue weighted by atomic mass is 35.5. The van der Waals surface area contributed by atoms with Gasteiger partial charge in [0, 0.05) is 24.0 Å². The number of aryl methyl sites for hydroxylation is 1. The highest BCUT2D eigenvalue weighted by molar-refractivity contribution is 7.13. The number of nitrogens with two attached hydrogens (primary N) is 1. The number of carbonyl (C=O) groups is 1. The minimum Gasteiger partial charge on any atom is -0.338 e. The van der Waals surface area contributed by atoms with E-state index in [1.165, 1.54) is 5.56 Å². The van der Waals surface area contributed by atoms with Crippen molar-refractivity contribution in [2.24, 2.45) is 5.73 Å². The van der Waals surface area contributed by atoms with E-state index < -0.39 is 0 Å². The standard InChI is InChI=1S/C22H25N3OS.2ClH/c1-17-8-10-19(11-9-17)22-24-20(16-27-22)14-21(26)25(13-5-12-23)15-18-6-3-2-4-7-18;;/h2-4,6-11,16H,5,12-15,23H2,1H3;2*1H. The Morgan fingerprint density at radius 2 is 1.76 bits per heavy atom. The first kappa shape index (κ1) is 25.1. The summed E-state index contributed by atoms with van der Waals surface area (Å²) < 4.78 is 0. The molecule has 1 amide bonds. The third kappa shape index (κ3) is 7.44. The lowest BCUT2D eigenvalue weighted by molar-refractivity contribution is -0.131. The summed E-state index contributed by atoms with van der Waals surface area (Å²) in [6.07, 6.45) is 1.12.